The van der Waals surface area contributed by atoms with Gasteiger partial charge in [-0.05, 0) is 44.5 Å². The molecule has 0 amide bonds. The van der Waals surface area contributed by atoms with Crippen molar-refractivity contribution in [1.82, 2.24) is 4.90 Å². The lowest BCUT2D eigenvalue weighted by atomic mass is 9.95. The minimum Gasteiger partial charge on any atom is -0.299 e. The van der Waals surface area contributed by atoms with Crippen molar-refractivity contribution in [3.05, 3.63) is 42.3 Å². The molecule has 0 aromatic heterocycles. The lowest BCUT2D eigenvalue weighted by molar-refractivity contribution is 0.187. The highest BCUT2D eigenvalue weighted by molar-refractivity contribution is 5.26. The molecule has 0 bridgehead atoms. The van der Waals surface area contributed by atoms with Crippen LogP contribution in [0.1, 0.15) is 36.4 Å². The summed E-state index contributed by atoms with van der Waals surface area (Å²) in [6, 6.07) is 9.28. The van der Waals surface area contributed by atoms with Crippen molar-refractivity contribution in [3.63, 3.8) is 0 Å². The van der Waals surface area contributed by atoms with Crippen LogP contribution in [-0.4, -0.2) is 18.5 Å². The van der Waals surface area contributed by atoms with E-state index in [1.807, 2.05) is 0 Å². The fraction of sp³-hybridized carbons (Fsp3) is 0.462. The molecule has 0 aliphatic carbocycles. The summed E-state index contributed by atoms with van der Waals surface area (Å²) in [5.41, 5.74) is 2.55. The Morgan fingerprint density at radius 3 is 2.57 bits per heavy atom. The second-order valence-corrected chi connectivity index (χ2v) is 4.23. The molecule has 0 N–H and O–H groups in total. The van der Waals surface area contributed by atoms with Gasteiger partial charge in [0.25, 0.3) is 0 Å². The lowest BCUT2D eigenvalue weighted by Crippen LogP contribution is -2.29. The molecule has 75 valence electrons. The van der Waals surface area contributed by atoms with E-state index in [0.29, 0.717) is 6.04 Å². The van der Waals surface area contributed by atoms with Crippen molar-refractivity contribution in [1.29, 1.82) is 0 Å². The number of hydrogen-bond donors (Lipinski definition) is 0. The maximum atomic E-state index is 3.91. The van der Waals surface area contributed by atoms with Gasteiger partial charge in [0.1, 0.15) is 0 Å². The highest BCUT2D eigenvalue weighted by atomic mass is 15.1. The maximum Gasteiger partial charge on any atom is 0.0345 e. The van der Waals surface area contributed by atoms with Gasteiger partial charge in [-0.1, -0.05) is 30.7 Å². The first-order valence-corrected chi connectivity index (χ1v) is 5.39. The molecular weight excluding hydrogens is 170 g/mol. The molecule has 1 saturated heterocycles. The van der Waals surface area contributed by atoms with Gasteiger partial charge in [0.15, 0.2) is 0 Å². The lowest BCUT2D eigenvalue weighted by Gasteiger charge is -2.32. The first-order valence-electron chi connectivity index (χ1n) is 5.39. The highest BCUT2D eigenvalue weighted by Gasteiger charge is 2.19. The summed E-state index contributed by atoms with van der Waals surface area (Å²) in [6.45, 7) is 5.15. The number of nitrogens with zero attached hydrogens (tertiary/aromatic N) is 1. The fourth-order valence-electron chi connectivity index (χ4n) is 2.24. The van der Waals surface area contributed by atoms with E-state index in [2.05, 4.69) is 43.1 Å². The molecule has 1 atom stereocenters. The zero-order chi connectivity index (χ0) is 9.97. The standard InChI is InChI=1S/C13H18N/c1-11-6-8-12(9-7-11)13-5-3-4-10-14(13)2/h6-9,13H,1,3-5,10H2,2H3. The van der Waals surface area contributed by atoms with Crippen LogP contribution >= 0.6 is 0 Å². The molecule has 0 spiro atoms. The fourth-order valence-corrected chi connectivity index (χ4v) is 2.24. The Hall–Kier alpha value is -0.820. The van der Waals surface area contributed by atoms with Crippen LogP contribution in [0.5, 0.6) is 0 Å². The third kappa shape index (κ3) is 1.98. The molecule has 1 aliphatic rings. The third-order valence-electron chi connectivity index (χ3n) is 3.13. The molecule has 1 heteroatoms. The van der Waals surface area contributed by atoms with Gasteiger partial charge in [-0.3, -0.25) is 4.90 Å². The molecule has 1 radical (unpaired) electrons. The topological polar surface area (TPSA) is 3.24 Å². The van der Waals surface area contributed by atoms with Gasteiger partial charge in [-0.15, -0.1) is 0 Å². The first-order chi connectivity index (χ1) is 6.77. The van der Waals surface area contributed by atoms with E-state index in [4.69, 9.17) is 0 Å². The van der Waals surface area contributed by atoms with Gasteiger partial charge >= 0.3 is 0 Å². The molecule has 1 unspecified atom stereocenters. The number of hydrogen-bond acceptors (Lipinski definition) is 1. The molecule has 1 aromatic carbocycles. The van der Waals surface area contributed by atoms with Crippen LogP contribution < -0.4 is 0 Å². The number of benzene rings is 1. The van der Waals surface area contributed by atoms with Gasteiger partial charge in [0.2, 0.25) is 0 Å². The second kappa shape index (κ2) is 4.14. The van der Waals surface area contributed by atoms with Crippen LogP contribution in [0, 0.1) is 6.92 Å². The van der Waals surface area contributed by atoms with Crippen LogP contribution in [0.2, 0.25) is 0 Å². The van der Waals surface area contributed by atoms with Gasteiger partial charge < -0.3 is 0 Å². The third-order valence-corrected chi connectivity index (χ3v) is 3.13. The Kier molecular flexibility index (Phi) is 2.87. The number of likely N-dealkylation sites (tertiary alicyclic amines) is 1. The number of piperidine rings is 1. The summed E-state index contributed by atoms with van der Waals surface area (Å²) in [5.74, 6) is 0. The van der Waals surface area contributed by atoms with E-state index < -0.39 is 0 Å². The molecule has 1 aliphatic heterocycles. The van der Waals surface area contributed by atoms with Crippen molar-refractivity contribution in [2.75, 3.05) is 13.6 Å². The Morgan fingerprint density at radius 2 is 1.93 bits per heavy atom. The van der Waals surface area contributed by atoms with Crippen LogP contribution in [0.25, 0.3) is 0 Å². The van der Waals surface area contributed by atoms with Crippen molar-refractivity contribution < 1.29 is 0 Å². The maximum absolute atomic E-state index is 3.91. The van der Waals surface area contributed by atoms with E-state index in [9.17, 15) is 0 Å². The summed E-state index contributed by atoms with van der Waals surface area (Å²) < 4.78 is 0. The quantitative estimate of drug-likeness (QED) is 0.655. The first kappa shape index (κ1) is 9.72. The summed E-state index contributed by atoms with van der Waals surface area (Å²) in [5, 5.41) is 0. The molecule has 1 aromatic rings. The predicted molar refractivity (Wildman–Crippen MR) is 60.1 cm³/mol. The van der Waals surface area contributed by atoms with Crippen molar-refractivity contribution in [3.8, 4) is 0 Å². The smallest absolute Gasteiger partial charge is 0.0345 e. The van der Waals surface area contributed by atoms with Crippen LogP contribution in [0.3, 0.4) is 0 Å². The molecule has 1 nitrogen and oxygen atoms in total. The van der Waals surface area contributed by atoms with Gasteiger partial charge in [0.05, 0.1) is 0 Å². The Bertz CT molecular complexity index is 289. The molecule has 14 heavy (non-hydrogen) atoms. The number of rotatable bonds is 1. The monoisotopic (exact) mass is 188 g/mol. The highest BCUT2D eigenvalue weighted by Crippen LogP contribution is 2.29. The van der Waals surface area contributed by atoms with E-state index in [-0.39, 0.29) is 0 Å². The molecular formula is C13H18N. The van der Waals surface area contributed by atoms with Gasteiger partial charge in [-0.25, -0.2) is 0 Å². The largest absolute Gasteiger partial charge is 0.299 e. The van der Waals surface area contributed by atoms with E-state index in [0.717, 1.165) is 5.56 Å². The van der Waals surface area contributed by atoms with Gasteiger partial charge in [-0.2, -0.15) is 0 Å². The Balaban J connectivity index is 2.16. The van der Waals surface area contributed by atoms with Crippen molar-refractivity contribution >= 4 is 0 Å². The molecule has 0 saturated carbocycles. The normalized spacial score (nSPS) is 23.7. The summed E-state index contributed by atoms with van der Waals surface area (Å²) >= 11 is 0. The average molecular weight is 188 g/mol. The molecule has 1 fully saturated rings. The average Bonchev–Trinajstić information content (AvgIpc) is 2.20. The van der Waals surface area contributed by atoms with E-state index in [1.165, 1.54) is 31.4 Å². The summed E-state index contributed by atoms with van der Waals surface area (Å²) in [6.07, 6.45) is 4.01. The Morgan fingerprint density at radius 1 is 1.21 bits per heavy atom. The van der Waals surface area contributed by atoms with Gasteiger partial charge in [0, 0.05) is 6.04 Å². The van der Waals surface area contributed by atoms with Crippen molar-refractivity contribution in [2.45, 2.75) is 25.3 Å². The SMILES string of the molecule is [CH2]c1ccc(C2CCCCN2C)cc1. The Labute approximate surface area is 86.7 Å². The summed E-state index contributed by atoms with van der Waals surface area (Å²) in [7, 11) is 2.22. The van der Waals surface area contributed by atoms with E-state index >= 15 is 0 Å². The van der Waals surface area contributed by atoms with Crippen LogP contribution in [-0.2, 0) is 0 Å². The van der Waals surface area contributed by atoms with Crippen LogP contribution in [0.15, 0.2) is 24.3 Å². The minimum atomic E-state index is 0.629. The second-order valence-electron chi connectivity index (χ2n) is 4.23. The molecule has 1 heterocycles. The molecule has 2 rings (SSSR count). The zero-order valence-corrected chi connectivity index (χ0v) is 8.87. The van der Waals surface area contributed by atoms with E-state index in [1.54, 1.807) is 0 Å². The zero-order valence-electron chi connectivity index (χ0n) is 8.87. The summed E-state index contributed by atoms with van der Waals surface area (Å²) in [4.78, 5) is 2.46. The minimum absolute atomic E-state index is 0.629. The van der Waals surface area contributed by atoms with Crippen LogP contribution in [0.4, 0.5) is 0 Å². The predicted octanol–water partition coefficient (Wildman–Crippen LogP) is 3.03. The van der Waals surface area contributed by atoms with Crippen molar-refractivity contribution in [2.24, 2.45) is 0 Å².